The highest BCUT2D eigenvalue weighted by atomic mass is 15.1. The molecule has 0 aromatic heterocycles. The molecule has 0 amide bonds. The Morgan fingerprint density at radius 1 is 1.25 bits per heavy atom. The lowest BCUT2D eigenvalue weighted by Crippen LogP contribution is -2.34. The lowest BCUT2D eigenvalue weighted by atomic mass is 10.0. The van der Waals surface area contributed by atoms with Crippen molar-refractivity contribution < 1.29 is 0 Å². The zero-order valence-corrected chi connectivity index (χ0v) is 11.0. The number of nitrogens with zero attached hydrogens (tertiary/aromatic N) is 1. The Labute approximate surface area is 99.7 Å². The molecule has 0 saturated heterocycles. The van der Waals surface area contributed by atoms with Crippen molar-refractivity contribution in [3.05, 3.63) is 35.4 Å². The van der Waals surface area contributed by atoms with Crippen LogP contribution < -0.4 is 5.32 Å². The van der Waals surface area contributed by atoms with Gasteiger partial charge in [-0.25, -0.2) is 0 Å². The summed E-state index contributed by atoms with van der Waals surface area (Å²) >= 11 is 0. The molecule has 0 aliphatic carbocycles. The Hall–Kier alpha value is -0.860. The number of rotatable bonds is 6. The van der Waals surface area contributed by atoms with E-state index in [1.165, 1.54) is 11.1 Å². The molecule has 0 aliphatic rings. The van der Waals surface area contributed by atoms with Crippen LogP contribution >= 0.6 is 0 Å². The fourth-order valence-electron chi connectivity index (χ4n) is 1.78. The van der Waals surface area contributed by atoms with Crippen molar-refractivity contribution in [3.63, 3.8) is 0 Å². The van der Waals surface area contributed by atoms with Crippen molar-refractivity contribution in [2.24, 2.45) is 0 Å². The Balaban J connectivity index is 2.34. The van der Waals surface area contributed by atoms with Gasteiger partial charge in [-0.2, -0.15) is 0 Å². The topological polar surface area (TPSA) is 15.3 Å². The van der Waals surface area contributed by atoms with Crippen LogP contribution in [0.4, 0.5) is 0 Å². The van der Waals surface area contributed by atoms with E-state index < -0.39 is 0 Å². The van der Waals surface area contributed by atoms with Gasteiger partial charge < -0.3 is 10.2 Å². The van der Waals surface area contributed by atoms with Crippen LogP contribution in [0, 0.1) is 6.92 Å². The zero-order chi connectivity index (χ0) is 12.0. The van der Waals surface area contributed by atoms with Crippen LogP contribution in [-0.2, 0) is 6.42 Å². The van der Waals surface area contributed by atoms with Gasteiger partial charge in [0.2, 0.25) is 0 Å². The average molecular weight is 220 g/mol. The summed E-state index contributed by atoms with van der Waals surface area (Å²) in [6, 6.07) is 9.17. The van der Waals surface area contributed by atoms with Crippen molar-refractivity contribution in [1.29, 1.82) is 0 Å². The van der Waals surface area contributed by atoms with Gasteiger partial charge in [-0.15, -0.1) is 0 Å². The van der Waals surface area contributed by atoms with Crippen molar-refractivity contribution in [1.82, 2.24) is 10.2 Å². The summed E-state index contributed by atoms with van der Waals surface area (Å²) in [4.78, 5) is 2.20. The number of aryl methyl sites for hydroxylation is 1. The third-order valence-electron chi connectivity index (χ3n) is 2.84. The summed E-state index contributed by atoms with van der Waals surface area (Å²) in [5.41, 5.74) is 2.84. The summed E-state index contributed by atoms with van der Waals surface area (Å²) in [5, 5.41) is 3.55. The highest BCUT2D eigenvalue weighted by molar-refractivity contribution is 5.26. The van der Waals surface area contributed by atoms with Crippen LogP contribution in [0.5, 0.6) is 0 Å². The first kappa shape index (κ1) is 13.2. The van der Waals surface area contributed by atoms with Gasteiger partial charge in [0, 0.05) is 19.1 Å². The summed E-state index contributed by atoms with van der Waals surface area (Å²) in [6.07, 6.45) is 1.11. The van der Waals surface area contributed by atoms with E-state index in [4.69, 9.17) is 0 Å². The predicted octanol–water partition coefficient (Wildman–Crippen LogP) is 2.08. The molecule has 2 nitrogen and oxygen atoms in total. The smallest absolute Gasteiger partial charge is 0.0101 e. The molecular formula is C14H24N2. The van der Waals surface area contributed by atoms with Crippen LogP contribution in [0.25, 0.3) is 0 Å². The molecule has 0 saturated carbocycles. The average Bonchev–Trinajstić information content (AvgIpc) is 2.21. The van der Waals surface area contributed by atoms with Gasteiger partial charge in [-0.3, -0.25) is 0 Å². The highest BCUT2D eigenvalue weighted by Gasteiger charge is 2.04. The third kappa shape index (κ3) is 4.77. The Morgan fingerprint density at radius 3 is 2.56 bits per heavy atom. The molecular weight excluding hydrogens is 196 g/mol. The second-order valence-electron chi connectivity index (χ2n) is 4.79. The van der Waals surface area contributed by atoms with Gasteiger partial charge in [0.1, 0.15) is 0 Å². The van der Waals surface area contributed by atoms with Crippen molar-refractivity contribution in [2.45, 2.75) is 26.3 Å². The zero-order valence-electron chi connectivity index (χ0n) is 11.0. The van der Waals surface area contributed by atoms with Crippen LogP contribution in [0.1, 0.15) is 18.1 Å². The van der Waals surface area contributed by atoms with Gasteiger partial charge in [0.05, 0.1) is 0 Å². The number of hydrogen-bond donors (Lipinski definition) is 1. The van der Waals surface area contributed by atoms with E-state index in [9.17, 15) is 0 Å². The maximum absolute atomic E-state index is 3.55. The molecule has 0 bridgehead atoms. The summed E-state index contributed by atoms with van der Waals surface area (Å²) < 4.78 is 0. The summed E-state index contributed by atoms with van der Waals surface area (Å²) in [6.45, 7) is 6.59. The molecule has 0 fully saturated rings. The maximum Gasteiger partial charge on any atom is 0.0101 e. The van der Waals surface area contributed by atoms with Gasteiger partial charge in [-0.05, 0) is 45.5 Å². The van der Waals surface area contributed by atoms with E-state index >= 15 is 0 Å². The van der Waals surface area contributed by atoms with Crippen LogP contribution in [0.2, 0.25) is 0 Å². The fraction of sp³-hybridized carbons (Fsp3) is 0.571. The normalized spacial score (nSPS) is 13.1. The van der Waals surface area contributed by atoms with Crippen molar-refractivity contribution in [2.75, 3.05) is 27.2 Å². The van der Waals surface area contributed by atoms with E-state index in [0.29, 0.717) is 6.04 Å². The van der Waals surface area contributed by atoms with E-state index in [-0.39, 0.29) is 0 Å². The number of benzene rings is 1. The maximum atomic E-state index is 3.55. The molecule has 0 radical (unpaired) electrons. The lowest BCUT2D eigenvalue weighted by Gasteiger charge is -2.17. The second kappa shape index (κ2) is 6.66. The minimum atomic E-state index is 0.543. The first-order valence-corrected chi connectivity index (χ1v) is 6.02. The monoisotopic (exact) mass is 220 g/mol. The minimum Gasteiger partial charge on any atom is -0.313 e. The fourth-order valence-corrected chi connectivity index (χ4v) is 1.78. The molecule has 1 aromatic rings. The molecule has 1 atom stereocenters. The van der Waals surface area contributed by atoms with Crippen LogP contribution in [-0.4, -0.2) is 38.1 Å². The largest absolute Gasteiger partial charge is 0.313 e. The Bertz CT molecular complexity index is 307. The van der Waals surface area contributed by atoms with Gasteiger partial charge in [0.15, 0.2) is 0 Å². The van der Waals surface area contributed by atoms with Crippen LogP contribution in [0.15, 0.2) is 24.3 Å². The van der Waals surface area contributed by atoms with E-state index in [0.717, 1.165) is 19.5 Å². The van der Waals surface area contributed by atoms with E-state index in [2.05, 4.69) is 62.4 Å². The quantitative estimate of drug-likeness (QED) is 0.789. The SMILES string of the molecule is Cc1ccccc1CC(C)NCCN(C)C. The van der Waals surface area contributed by atoms with Gasteiger partial charge in [-0.1, -0.05) is 24.3 Å². The molecule has 2 heteroatoms. The summed E-state index contributed by atoms with van der Waals surface area (Å²) in [7, 11) is 4.21. The molecule has 16 heavy (non-hydrogen) atoms. The van der Waals surface area contributed by atoms with Crippen molar-refractivity contribution >= 4 is 0 Å². The predicted molar refractivity (Wildman–Crippen MR) is 70.9 cm³/mol. The second-order valence-corrected chi connectivity index (χ2v) is 4.79. The number of likely N-dealkylation sites (N-methyl/N-ethyl adjacent to an activating group) is 1. The summed E-state index contributed by atoms with van der Waals surface area (Å²) in [5.74, 6) is 0. The minimum absolute atomic E-state index is 0.543. The van der Waals surface area contributed by atoms with E-state index in [1.807, 2.05) is 0 Å². The van der Waals surface area contributed by atoms with Crippen LogP contribution in [0.3, 0.4) is 0 Å². The van der Waals surface area contributed by atoms with E-state index in [1.54, 1.807) is 0 Å². The first-order valence-electron chi connectivity index (χ1n) is 6.02. The molecule has 0 spiro atoms. The Kier molecular flexibility index (Phi) is 5.50. The lowest BCUT2D eigenvalue weighted by molar-refractivity contribution is 0.387. The van der Waals surface area contributed by atoms with Gasteiger partial charge in [0.25, 0.3) is 0 Å². The molecule has 90 valence electrons. The standard InChI is InChI=1S/C14H24N2/c1-12-7-5-6-8-14(12)11-13(2)15-9-10-16(3)4/h5-8,13,15H,9-11H2,1-4H3. The van der Waals surface area contributed by atoms with Gasteiger partial charge >= 0.3 is 0 Å². The first-order chi connectivity index (χ1) is 7.59. The molecule has 0 heterocycles. The molecule has 1 aromatic carbocycles. The van der Waals surface area contributed by atoms with Crippen molar-refractivity contribution in [3.8, 4) is 0 Å². The molecule has 1 unspecified atom stereocenters. The number of nitrogens with one attached hydrogen (secondary N) is 1. The highest BCUT2D eigenvalue weighted by Crippen LogP contribution is 2.09. The molecule has 1 rings (SSSR count). The number of hydrogen-bond acceptors (Lipinski definition) is 2. The molecule has 1 N–H and O–H groups in total. The molecule has 0 aliphatic heterocycles. The Morgan fingerprint density at radius 2 is 1.94 bits per heavy atom. The third-order valence-corrected chi connectivity index (χ3v) is 2.84.